The van der Waals surface area contributed by atoms with E-state index in [1.807, 2.05) is 18.2 Å². The van der Waals surface area contributed by atoms with Crippen molar-refractivity contribution in [3.05, 3.63) is 36.4 Å². The Morgan fingerprint density at radius 1 is 1.62 bits per heavy atom. The SMILES string of the molecule is C=Cc1cccc(NC(=O)CCl)c1. The van der Waals surface area contributed by atoms with Crippen LogP contribution in [0, 0.1) is 0 Å². The van der Waals surface area contributed by atoms with Gasteiger partial charge in [0, 0.05) is 5.69 Å². The van der Waals surface area contributed by atoms with E-state index in [1.54, 1.807) is 12.1 Å². The van der Waals surface area contributed by atoms with Gasteiger partial charge in [-0.25, -0.2) is 0 Å². The van der Waals surface area contributed by atoms with Crippen molar-refractivity contribution in [2.75, 3.05) is 11.2 Å². The van der Waals surface area contributed by atoms with Crippen molar-refractivity contribution in [3.8, 4) is 0 Å². The number of alkyl halides is 1. The van der Waals surface area contributed by atoms with E-state index in [1.165, 1.54) is 0 Å². The van der Waals surface area contributed by atoms with Crippen LogP contribution in [0.2, 0.25) is 0 Å². The van der Waals surface area contributed by atoms with E-state index < -0.39 is 0 Å². The molecular formula is C10H10ClNO. The Morgan fingerprint density at radius 3 is 3.00 bits per heavy atom. The smallest absolute Gasteiger partial charge is 0.239 e. The lowest BCUT2D eigenvalue weighted by Crippen LogP contribution is -2.12. The molecule has 0 aromatic heterocycles. The number of carbonyl (C=O) groups is 1. The second kappa shape index (κ2) is 4.67. The van der Waals surface area contributed by atoms with Crippen LogP contribution in [0.4, 0.5) is 5.69 Å². The number of rotatable bonds is 3. The predicted octanol–water partition coefficient (Wildman–Crippen LogP) is 2.51. The molecule has 0 fully saturated rings. The van der Waals surface area contributed by atoms with Crippen LogP contribution in [-0.4, -0.2) is 11.8 Å². The summed E-state index contributed by atoms with van der Waals surface area (Å²) in [7, 11) is 0. The van der Waals surface area contributed by atoms with Crippen molar-refractivity contribution < 1.29 is 4.79 Å². The van der Waals surface area contributed by atoms with Crippen molar-refractivity contribution in [1.29, 1.82) is 0 Å². The minimum atomic E-state index is -0.206. The van der Waals surface area contributed by atoms with E-state index in [9.17, 15) is 4.79 Å². The number of amides is 1. The first kappa shape index (κ1) is 9.81. The number of halogens is 1. The quantitative estimate of drug-likeness (QED) is 0.738. The van der Waals surface area contributed by atoms with Crippen molar-refractivity contribution >= 4 is 29.3 Å². The number of hydrogen-bond donors (Lipinski definition) is 1. The summed E-state index contributed by atoms with van der Waals surface area (Å²) < 4.78 is 0. The van der Waals surface area contributed by atoms with Crippen LogP contribution in [0.1, 0.15) is 5.56 Å². The minimum Gasteiger partial charge on any atom is -0.325 e. The Balaban J connectivity index is 2.77. The molecule has 0 unspecified atom stereocenters. The molecule has 1 rings (SSSR count). The highest BCUT2D eigenvalue weighted by Gasteiger charge is 1.98. The lowest BCUT2D eigenvalue weighted by atomic mass is 10.2. The van der Waals surface area contributed by atoms with Gasteiger partial charge in [0.05, 0.1) is 0 Å². The molecule has 2 nitrogen and oxygen atoms in total. The lowest BCUT2D eigenvalue weighted by Gasteiger charge is -2.02. The summed E-state index contributed by atoms with van der Waals surface area (Å²) in [6.07, 6.45) is 1.72. The van der Waals surface area contributed by atoms with Gasteiger partial charge in [-0.15, -0.1) is 11.6 Å². The summed E-state index contributed by atoms with van der Waals surface area (Å²) in [5, 5.41) is 2.65. The van der Waals surface area contributed by atoms with E-state index in [2.05, 4.69) is 11.9 Å². The molecule has 0 aliphatic rings. The van der Waals surface area contributed by atoms with Crippen LogP contribution in [0.25, 0.3) is 6.08 Å². The van der Waals surface area contributed by atoms with Crippen molar-refractivity contribution in [2.24, 2.45) is 0 Å². The molecule has 68 valence electrons. The fraction of sp³-hybridized carbons (Fsp3) is 0.100. The molecule has 0 bridgehead atoms. The number of hydrogen-bond acceptors (Lipinski definition) is 1. The highest BCUT2D eigenvalue weighted by Crippen LogP contribution is 2.11. The second-order valence-corrected chi connectivity index (χ2v) is 2.78. The molecule has 1 aromatic rings. The third kappa shape index (κ3) is 2.92. The molecule has 1 aromatic carbocycles. The number of anilines is 1. The van der Waals surface area contributed by atoms with Gasteiger partial charge >= 0.3 is 0 Å². The highest BCUT2D eigenvalue weighted by molar-refractivity contribution is 6.29. The third-order valence-corrected chi connectivity index (χ3v) is 1.77. The first-order valence-electron chi connectivity index (χ1n) is 3.84. The van der Waals surface area contributed by atoms with Gasteiger partial charge in [0.1, 0.15) is 5.88 Å². The van der Waals surface area contributed by atoms with E-state index >= 15 is 0 Å². The monoisotopic (exact) mass is 195 g/mol. The van der Waals surface area contributed by atoms with E-state index in [4.69, 9.17) is 11.6 Å². The molecule has 3 heteroatoms. The zero-order valence-corrected chi connectivity index (χ0v) is 7.84. The normalized spacial score (nSPS) is 9.31. The van der Waals surface area contributed by atoms with Crippen molar-refractivity contribution in [2.45, 2.75) is 0 Å². The number of carbonyl (C=O) groups excluding carboxylic acids is 1. The Kier molecular flexibility index (Phi) is 3.53. The summed E-state index contributed by atoms with van der Waals surface area (Å²) in [5.74, 6) is -0.235. The average molecular weight is 196 g/mol. The number of nitrogens with one attached hydrogen (secondary N) is 1. The zero-order chi connectivity index (χ0) is 9.68. The maximum Gasteiger partial charge on any atom is 0.239 e. The summed E-state index contributed by atoms with van der Waals surface area (Å²) in [5.41, 5.74) is 1.70. The largest absolute Gasteiger partial charge is 0.325 e. The molecule has 0 spiro atoms. The fourth-order valence-corrected chi connectivity index (χ4v) is 1.00. The summed E-state index contributed by atoms with van der Waals surface area (Å²) in [6, 6.07) is 7.39. The average Bonchev–Trinajstić information content (AvgIpc) is 2.18. The van der Waals surface area contributed by atoms with Crippen LogP contribution in [0.5, 0.6) is 0 Å². The van der Waals surface area contributed by atoms with Gasteiger partial charge in [-0.2, -0.15) is 0 Å². The van der Waals surface area contributed by atoms with Crippen LogP contribution < -0.4 is 5.32 Å². The van der Waals surface area contributed by atoms with Gasteiger partial charge in [-0.1, -0.05) is 24.8 Å². The van der Waals surface area contributed by atoms with Gasteiger partial charge in [0.25, 0.3) is 0 Å². The first-order valence-corrected chi connectivity index (χ1v) is 4.38. The van der Waals surface area contributed by atoms with Gasteiger partial charge in [-0.3, -0.25) is 4.79 Å². The predicted molar refractivity (Wildman–Crippen MR) is 55.9 cm³/mol. The molecule has 1 N–H and O–H groups in total. The van der Waals surface area contributed by atoms with E-state index in [-0.39, 0.29) is 11.8 Å². The molecule has 0 aliphatic heterocycles. The summed E-state index contributed by atoms with van der Waals surface area (Å²) >= 11 is 5.34. The molecular weight excluding hydrogens is 186 g/mol. The summed E-state index contributed by atoms with van der Waals surface area (Å²) in [4.78, 5) is 10.9. The maximum atomic E-state index is 10.9. The molecule has 1 amide bonds. The topological polar surface area (TPSA) is 29.1 Å². The van der Waals surface area contributed by atoms with Gasteiger partial charge in [-0.05, 0) is 17.7 Å². The van der Waals surface area contributed by atoms with Crippen LogP contribution in [0.3, 0.4) is 0 Å². The van der Waals surface area contributed by atoms with Gasteiger partial charge in [0.2, 0.25) is 5.91 Å². The Hall–Kier alpha value is -1.28. The first-order chi connectivity index (χ1) is 6.26. The standard InChI is InChI=1S/C10H10ClNO/c1-2-8-4-3-5-9(6-8)12-10(13)7-11/h2-6H,1,7H2,(H,12,13). The van der Waals surface area contributed by atoms with E-state index in [0.29, 0.717) is 0 Å². The molecule has 0 radical (unpaired) electrons. The number of benzene rings is 1. The Labute approximate surface area is 82.2 Å². The fourth-order valence-electron chi connectivity index (χ4n) is 0.938. The minimum absolute atomic E-state index is 0.0294. The van der Waals surface area contributed by atoms with E-state index in [0.717, 1.165) is 11.3 Å². The Morgan fingerprint density at radius 2 is 2.38 bits per heavy atom. The van der Waals surface area contributed by atoms with Gasteiger partial charge in [0.15, 0.2) is 0 Å². The molecule has 0 aliphatic carbocycles. The molecule has 0 atom stereocenters. The lowest BCUT2D eigenvalue weighted by molar-refractivity contribution is -0.113. The highest BCUT2D eigenvalue weighted by atomic mass is 35.5. The van der Waals surface area contributed by atoms with Crippen molar-refractivity contribution in [1.82, 2.24) is 0 Å². The third-order valence-electron chi connectivity index (χ3n) is 1.53. The van der Waals surface area contributed by atoms with Crippen LogP contribution in [-0.2, 0) is 4.79 Å². The zero-order valence-electron chi connectivity index (χ0n) is 7.09. The van der Waals surface area contributed by atoms with Crippen LogP contribution >= 0.6 is 11.6 Å². The summed E-state index contributed by atoms with van der Waals surface area (Å²) in [6.45, 7) is 3.63. The molecule has 0 saturated heterocycles. The molecule has 0 heterocycles. The Bertz CT molecular complexity index is 322. The molecule has 0 saturated carbocycles. The van der Waals surface area contributed by atoms with Crippen molar-refractivity contribution in [3.63, 3.8) is 0 Å². The van der Waals surface area contributed by atoms with Gasteiger partial charge < -0.3 is 5.32 Å². The maximum absolute atomic E-state index is 10.9. The second-order valence-electron chi connectivity index (χ2n) is 2.51. The van der Waals surface area contributed by atoms with Crippen LogP contribution in [0.15, 0.2) is 30.8 Å². The molecule has 13 heavy (non-hydrogen) atoms.